The molecule has 0 bridgehead atoms. The summed E-state index contributed by atoms with van der Waals surface area (Å²) in [5.41, 5.74) is -0.697. The van der Waals surface area contributed by atoms with Gasteiger partial charge in [-0.05, 0) is 19.1 Å². The molecule has 8 nitrogen and oxygen atoms in total. The lowest BCUT2D eigenvalue weighted by Gasteiger charge is -2.31. The highest BCUT2D eigenvalue weighted by atomic mass is 35.5. The van der Waals surface area contributed by atoms with Crippen LogP contribution in [0.3, 0.4) is 0 Å². The van der Waals surface area contributed by atoms with E-state index in [0.29, 0.717) is 0 Å². The molecule has 0 aliphatic carbocycles. The van der Waals surface area contributed by atoms with E-state index < -0.39 is 34.4 Å². The number of benzene rings is 1. The Kier molecular flexibility index (Phi) is 3.90. The van der Waals surface area contributed by atoms with Crippen molar-refractivity contribution in [3.63, 3.8) is 0 Å². The average Bonchev–Trinajstić information content (AvgIpc) is 2.42. The lowest BCUT2D eigenvalue weighted by Crippen LogP contribution is -2.58. The highest BCUT2D eigenvalue weighted by Crippen LogP contribution is 2.25. The zero-order valence-corrected chi connectivity index (χ0v) is 11.6. The Balaban J connectivity index is 2.42. The first-order valence-corrected chi connectivity index (χ1v) is 6.27. The fourth-order valence-corrected chi connectivity index (χ4v) is 2.12. The number of carbonyl (C=O) groups excluding carboxylic acids is 3. The van der Waals surface area contributed by atoms with Crippen LogP contribution in [-0.2, 0) is 9.59 Å². The number of hydrogen-bond acceptors (Lipinski definition) is 5. The number of nitrogens with zero attached hydrogens (tertiary/aromatic N) is 2. The number of amides is 3. The number of carbonyl (C=O) groups is 3. The van der Waals surface area contributed by atoms with Crippen LogP contribution in [0.4, 0.5) is 5.69 Å². The number of rotatable bonds is 2. The number of nitro groups is 1. The van der Waals surface area contributed by atoms with E-state index in [1.54, 1.807) is 0 Å². The van der Waals surface area contributed by atoms with Gasteiger partial charge in [0.05, 0.1) is 4.92 Å². The van der Waals surface area contributed by atoms with Gasteiger partial charge in [-0.25, -0.2) is 0 Å². The van der Waals surface area contributed by atoms with Crippen molar-refractivity contribution < 1.29 is 19.3 Å². The Labute approximate surface area is 123 Å². The van der Waals surface area contributed by atoms with E-state index >= 15 is 0 Å². The molecule has 1 aliphatic heterocycles. The summed E-state index contributed by atoms with van der Waals surface area (Å²) in [6.07, 6.45) is 0. The highest BCUT2D eigenvalue weighted by Gasteiger charge is 2.36. The minimum absolute atomic E-state index is 0.110. The van der Waals surface area contributed by atoms with Gasteiger partial charge in [-0.15, -0.1) is 0 Å². The van der Waals surface area contributed by atoms with Crippen LogP contribution in [0.2, 0.25) is 5.02 Å². The van der Waals surface area contributed by atoms with Crippen molar-refractivity contribution in [2.45, 2.75) is 13.0 Å². The molecule has 1 unspecified atom stereocenters. The first-order valence-electron chi connectivity index (χ1n) is 5.90. The van der Waals surface area contributed by atoms with Crippen LogP contribution in [-0.4, -0.2) is 40.1 Å². The summed E-state index contributed by atoms with van der Waals surface area (Å²) >= 11 is 5.68. The number of halogens is 1. The van der Waals surface area contributed by atoms with Gasteiger partial charge in [0.1, 0.15) is 18.2 Å². The Morgan fingerprint density at radius 1 is 1.48 bits per heavy atom. The fraction of sp³-hybridized carbons (Fsp3) is 0.250. The molecule has 0 saturated carbocycles. The summed E-state index contributed by atoms with van der Waals surface area (Å²) in [7, 11) is 0. The van der Waals surface area contributed by atoms with Crippen LogP contribution in [0.15, 0.2) is 18.2 Å². The van der Waals surface area contributed by atoms with Crippen molar-refractivity contribution in [3.05, 3.63) is 38.9 Å². The van der Waals surface area contributed by atoms with Crippen LogP contribution in [0, 0.1) is 10.1 Å². The molecule has 2 rings (SSSR count). The average molecular weight is 312 g/mol. The quantitative estimate of drug-likeness (QED) is 0.492. The van der Waals surface area contributed by atoms with Crippen LogP contribution >= 0.6 is 11.6 Å². The molecule has 1 atom stereocenters. The second-order valence-corrected chi connectivity index (χ2v) is 4.88. The third-order valence-corrected chi connectivity index (χ3v) is 3.31. The van der Waals surface area contributed by atoms with Crippen molar-refractivity contribution in [2.24, 2.45) is 0 Å². The second-order valence-electron chi connectivity index (χ2n) is 4.44. The molecule has 1 fully saturated rings. The van der Waals surface area contributed by atoms with Gasteiger partial charge in [-0.2, -0.15) is 0 Å². The number of hydrogen-bond donors (Lipinski definition) is 1. The minimum Gasteiger partial charge on any atom is -0.317 e. The Morgan fingerprint density at radius 2 is 2.14 bits per heavy atom. The number of piperazine rings is 1. The van der Waals surface area contributed by atoms with E-state index in [-0.39, 0.29) is 17.1 Å². The Hall–Kier alpha value is -2.48. The molecule has 0 radical (unpaired) electrons. The van der Waals surface area contributed by atoms with Gasteiger partial charge < -0.3 is 4.90 Å². The van der Waals surface area contributed by atoms with E-state index in [4.69, 9.17) is 11.6 Å². The Morgan fingerprint density at radius 3 is 2.76 bits per heavy atom. The molecule has 1 heterocycles. The summed E-state index contributed by atoms with van der Waals surface area (Å²) in [5, 5.41) is 13.2. The number of nitrogens with one attached hydrogen (secondary N) is 1. The van der Waals surface area contributed by atoms with Crippen molar-refractivity contribution in [1.29, 1.82) is 0 Å². The summed E-state index contributed by atoms with van der Waals surface area (Å²) in [4.78, 5) is 46.5. The highest BCUT2D eigenvalue weighted by molar-refractivity contribution is 6.31. The van der Waals surface area contributed by atoms with Gasteiger partial charge in [0.15, 0.2) is 0 Å². The number of nitro benzene ring substituents is 1. The molecule has 110 valence electrons. The van der Waals surface area contributed by atoms with E-state index in [2.05, 4.69) is 5.32 Å². The zero-order valence-electron chi connectivity index (χ0n) is 10.8. The lowest BCUT2D eigenvalue weighted by atomic mass is 10.1. The maximum Gasteiger partial charge on any atom is 0.283 e. The third kappa shape index (κ3) is 2.84. The van der Waals surface area contributed by atoms with Gasteiger partial charge in [0.2, 0.25) is 11.8 Å². The molecule has 3 amide bonds. The predicted octanol–water partition coefficient (Wildman–Crippen LogP) is 0.735. The van der Waals surface area contributed by atoms with Crippen LogP contribution < -0.4 is 5.32 Å². The first-order chi connectivity index (χ1) is 9.81. The summed E-state index contributed by atoms with van der Waals surface area (Å²) < 4.78 is 0. The third-order valence-electron chi connectivity index (χ3n) is 3.07. The second kappa shape index (κ2) is 5.49. The van der Waals surface area contributed by atoms with Crippen molar-refractivity contribution in [3.8, 4) is 0 Å². The fourth-order valence-electron chi connectivity index (χ4n) is 1.95. The predicted molar refractivity (Wildman–Crippen MR) is 71.8 cm³/mol. The molecule has 21 heavy (non-hydrogen) atoms. The molecular formula is C12H10ClN3O5. The molecule has 1 N–H and O–H groups in total. The Bertz CT molecular complexity index is 660. The topological polar surface area (TPSA) is 110 Å². The van der Waals surface area contributed by atoms with Crippen LogP contribution in [0.5, 0.6) is 0 Å². The lowest BCUT2D eigenvalue weighted by molar-refractivity contribution is -0.385. The van der Waals surface area contributed by atoms with E-state index in [0.717, 1.165) is 11.0 Å². The molecule has 0 aromatic heterocycles. The van der Waals surface area contributed by atoms with E-state index in [1.165, 1.54) is 19.1 Å². The maximum absolute atomic E-state index is 12.4. The standard InChI is InChI=1S/C12H10ClN3O5/c1-6-11(18)14-10(17)5-15(6)12(19)8-3-2-7(13)4-9(8)16(20)21/h2-4,6H,5H2,1H3,(H,14,17,18). The molecule has 1 aliphatic rings. The van der Waals surface area contributed by atoms with Crippen molar-refractivity contribution in [2.75, 3.05) is 6.54 Å². The van der Waals surface area contributed by atoms with E-state index in [1.807, 2.05) is 0 Å². The molecule has 9 heteroatoms. The van der Waals surface area contributed by atoms with Gasteiger partial charge in [0.25, 0.3) is 11.6 Å². The van der Waals surface area contributed by atoms with Gasteiger partial charge in [0, 0.05) is 11.1 Å². The van der Waals surface area contributed by atoms with Crippen molar-refractivity contribution >= 4 is 35.0 Å². The first kappa shape index (κ1) is 14.9. The maximum atomic E-state index is 12.4. The minimum atomic E-state index is -0.898. The molecule has 1 saturated heterocycles. The molecule has 1 aromatic rings. The smallest absolute Gasteiger partial charge is 0.283 e. The summed E-state index contributed by atoms with van der Waals surface area (Å²) in [5.74, 6) is -2.03. The van der Waals surface area contributed by atoms with E-state index in [9.17, 15) is 24.5 Å². The molecule has 0 spiro atoms. The number of imide groups is 1. The summed E-state index contributed by atoms with van der Waals surface area (Å²) in [6, 6.07) is 2.68. The zero-order chi connectivity index (χ0) is 15.7. The molecular weight excluding hydrogens is 302 g/mol. The normalized spacial score (nSPS) is 18.4. The molecule has 1 aromatic carbocycles. The van der Waals surface area contributed by atoms with Gasteiger partial charge in [-0.1, -0.05) is 11.6 Å². The van der Waals surface area contributed by atoms with Crippen LogP contribution in [0.25, 0.3) is 0 Å². The largest absolute Gasteiger partial charge is 0.317 e. The van der Waals surface area contributed by atoms with Crippen LogP contribution in [0.1, 0.15) is 17.3 Å². The van der Waals surface area contributed by atoms with Gasteiger partial charge >= 0.3 is 0 Å². The SMILES string of the molecule is CC1C(=O)NC(=O)CN1C(=O)c1ccc(Cl)cc1[N+](=O)[O-]. The van der Waals surface area contributed by atoms with Crippen molar-refractivity contribution in [1.82, 2.24) is 10.2 Å². The summed E-state index contributed by atoms with van der Waals surface area (Å²) in [6.45, 7) is 1.09. The monoisotopic (exact) mass is 311 g/mol. The van der Waals surface area contributed by atoms with Gasteiger partial charge in [-0.3, -0.25) is 29.8 Å².